The first-order chi connectivity index (χ1) is 13.6. The topological polar surface area (TPSA) is 35.5 Å². The van der Waals surface area contributed by atoms with E-state index in [1.807, 2.05) is 74.5 Å². The summed E-state index contributed by atoms with van der Waals surface area (Å²) in [5.41, 5.74) is 3.81. The molecule has 1 aliphatic carbocycles. The van der Waals surface area contributed by atoms with Crippen molar-refractivity contribution < 1.29 is 14.3 Å². The van der Waals surface area contributed by atoms with Gasteiger partial charge in [-0.3, -0.25) is 4.79 Å². The first-order valence-electron chi connectivity index (χ1n) is 10.0. The van der Waals surface area contributed by atoms with E-state index in [4.69, 9.17) is 9.47 Å². The number of benzene rings is 2. The van der Waals surface area contributed by atoms with Crippen molar-refractivity contribution in [2.45, 2.75) is 33.6 Å². The van der Waals surface area contributed by atoms with Gasteiger partial charge in [0.25, 0.3) is 0 Å². The van der Waals surface area contributed by atoms with Crippen LogP contribution >= 0.6 is 0 Å². The molecule has 0 amide bonds. The molecule has 0 unspecified atom stereocenters. The lowest BCUT2D eigenvalue weighted by Gasteiger charge is -2.22. The first kappa shape index (κ1) is 19.9. The van der Waals surface area contributed by atoms with Crippen molar-refractivity contribution in [1.29, 1.82) is 0 Å². The summed E-state index contributed by atoms with van der Waals surface area (Å²) in [7, 11) is 0. The van der Waals surface area contributed by atoms with Crippen LogP contribution in [0.25, 0.3) is 12.2 Å². The summed E-state index contributed by atoms with van der Waals surface area (Å²) in [6.45, 7) is 7.43. The minimum atomic E-state index is 0.154. The zero-order valence-corrected chi connectivity index (χ0v) is 16.9. The lowest BCUT2D eigenvalue weighted by molar-refractivity contribution is -0.113. The van der Waals surface area contributed by atoms with Gasteiger partial charge >= 0.3 is 0 Å². The number of rotatable bonds is 6. The molecule has 0 radical (unpaired) electrons. The van der Waals surface area contributed by atoms with E-state index in [-0.39, 0.29) is 5.78 Å². The molecule has 3 heteroatoms. The minimum Gasteiger partial charge on any atom is -0.494 e. The van der Waals surface area contributed by atoms with Gasteiger partial charge in [0.05, 0.1) is 13.2 Å². The largest absolute Gasteiger partial charge is 0.494 e. The average Bonchev–Trinajstić information content (AvgIpc) is 2.69. The quantitative estimate of drug-likeness (QED) is 0.584. The predicted octanol–water partition coefficient (Wildman–Crippen LogP) is 5.95. The van der Waals surface area contributed by atoms with Crippen LogP contribution in [0.3, 0.4) is 0 Å². The molecule has 2 aromatic carbocycles. The highest BCUT2D eigenvalue weighted by molar-refractivity contribution is 6.14. The van der Waals surface area contributed by atoms with Gasteiger partial charge in [0, 0.05) is 11.1 Å². The van der Waals surface area contributed by atoms with Crippen molar-refractivity contribution in [3.8, 4) is 11.5 Å². The molecule has 146 valence electrons. The highest BCUT2D eigenvalue weighted by Crippen LogP contribution is 2.32. The van der Waals surface area contributed by atoms with E-state index in [0.29, 0.717) is 19.1 Å². The fraction of sp³-hybridized carbons (Fsp3) is 0.320. The van der Waals surface area contributed by atoms with Gasteiger partial charge in [-0.15, -0.1) is 0 Å². The van der Waals surface area contributed by atoms with E-state index >= 15 is 0 Å². The molecular weight excluding hydrogens is 348 g/mol. The molecule has 0 heterocycles. The van der Waals surface area contributed by atoms with E-state index < -0.39 is 0 Å². The predicted molar refractivity (Wildman–Crippen MR) is 115 cm³/mol. The Morgan fingerprint density at radius 2 is 1.18 bits per heavy atom. The summed E-state index contributed by atoms with van der Waals surface area (Å²) in [6, 6.07) is 15.8. The van der Waals surface area contributed by atoms with Crippen molar-refractivity contribution >= 4 is 17.9 Å². The highest BCUT2D eigenvalue weighted by Gasteiger charge is 2.25. The molecule has 0 aliphatic heterocycles. The molecule has 1 aliphatic rings. The van der Waals surface area contributed by atoms with Gasteiger partial charge in [-0.2, -0.15) is 0 Å². The summed E-state index contributed by atoms with van der Waals surface area (Å²) in [5.74, 6) is 2.30. The molecule has 0 bridgehead atoms. The Morgan fingerprint density at radius 1 is 0.786 bits per heavy atom. The second-order valence-corrected chi connectivity index (χ2v) is 7.19. The van der Waals surface area contributed by atoms with E-state index in [1.54, 1.807) is 0 Å². The smallest absolute Gasteiger partial charge is 0.185 e. The fourth-order valence-corrected chi connectivity index (χ4v) is 3.52. The number of ketones is 1. The van der Waals surface area contributed by atoms with Crippen molar-refractivity contribution in [1.82, 2.24) is 0 Å². The number of hydrogen-bond acceptors (Lipinski definition) is 3. The molecule has 0 aromatic heterocycles. The Bertz CT molecular complexity index is 786. The van der Waals surface area contributed by atoms with Gasteiger partial charge < -0.3 is 9.47 Å². The Labute approximate surface area is 167 Å². The van der Waals surface area contributed by atoms with Gasteiger partial charge in [-0.05, 0) is 80.2 Å². The van der Waals surface area contributed by atoms with Crippen LogP contribution in [0.15, 0.2) is 59.7 Å². The Kier molecular flexibility index (Phi) is 6.70. The van der Waals surface area contributed by atoms with Crippen LogP contribution in [0.2, 0.25) is 0 Å². The third-order valence-corrected chi connectivity index (χ3v) is 4.78. The second-order valence-electron chi connectivity index (χ2n) is 7.19. The molecule has 3 nitrogen and oxygen atoms in total. The lowest BCUT2D eigenvalue weighted by atomic mass is 9.81. The number of Topliss-reactive ketones (excluding diaryl/α,β-unsaturated/α-hetero) is 1. The number of carbonyl (C=O) groups is 1. The summed E-state index contributed by atoms with van der Waals surface area (Å²) in [5, 5.41) is 0. The zero-order chi connectivity index (χ0) is 19.9. The molecule has 3 rings (SSSR count). The van der Waals surface area contributed by atoms with Crippen molar-refractivity contribution in [3.05, 3.63) is 70.8 Å². The maximum atomic E-state index is 13.0. The monoisotopic (exact) mass is 376 g/mol. The third-order valence-electron chi connectivity index (χ3n) is 4.78. The SMILES string of the molecule is CCOc1ccc(/C=C2\CC(C)C/C(=C\c3ccc(OCC)cc3)C2=O)cc1. The van der Waals surface area contributed by atoms with Gasteiger partial charge in [0.2, 0.25) is 0 Å². The number of ether oxygens (including phenoxy) is 2. The average molecular weight is 376 g/mol. The molecule has 28 heavy (non-hydrogen) atoms. The first-order valence-corrected chi connectivity index (χ1v) is 10.0. The van der Waals surface area contributed by atoms with Crippen LogP contribution in [-0.2, 0) is 4.79 Å². The van der Waals surface area contributed by atoms with Gasteiger partial charge in [0.1, 0.15) is 11.5 Å². The van der Waals surface area contributed by atoms with Crippen LogP contribution in [0.4, 0.5) is 0 Å². The van der Waals surface area contributed by atoms with Gasteiger partial charge in [-0.1, -0.05) is 31.2 Å². The van der Waals surface area contributed by atoms with Crippen LogP contribution in [0.1, 0.15) is 44.7 Å². The van der Waals surface area contributed by atoms with E-state index in [9.17, 15) is 4.79 Å². The third kappa shape index (κ3) is 5.13. The molecule has 1 fully saturated rings. The maximum Gasteiger partial charge on any atom is 0.185 e. The minimum absolute atomic E-state index is 0.154. The molecule has 0 saturated heterocycles. The lowest BCUT2D eigenvalue weighted by Crippen LogP contribution is -2.18. The maximum absolute atomic E-state index is 13.0. The van der Waals surface area contributed by atoms with Crippen LogP contribution < -0.4 is 9.47 Å². The molecular formula is C25H28O3. The van der Waals surface area contributed by atoms with Crippen LogP contribution in [0, 0.1) is 5.92 Å². The van der Waals surface area contributed by atoms with E-state index in [1.165, 1.54) is 0 Å². The molecule has 0 N–H and O–H groups in total. The molecule has 1 saturated carbocycles. The normalized spacial score (nSPS) is 19.8. The van der Waals surface area contributed by atoms with Crippen LogP contribution in [0.5, 0.6) is 11.5 Å². The van der Waals surface area contributed by atoms with Crippen LogP contribution in [-0.4, -0.2) is 19.0 Å². The summed E-state index contributed by atoms with van der Waals surface area (Å²) in [6.07, 6.45) is 5.65. The van der Waals surface area contributed by atoms with Gasteiger partial charge in [-0.25, -0.2) is 0 Å². The molecule has 2 aromatic rings. The Balaban J connectivity index is 1.81. The molecule has 0 spiro atoms. The van der Waals surface area contributed by atoms with E-state index in [0.717, 1.165) is 46.6 Å². The number of carbonyl (C=O) groups excluding carboxylic acids is 1. The summed E-state index contributed by atoms with van der Waals surface area (Å²) < 4.78 is 11.0. The molecule has 0 atom stereocenters. The summed E-state index contributed by atoms with van der Waals surface area (Å²) in [4.78, 5) is 13.0. The fourth-order valence-electron chi connectivity index (χ4n) is 3.52. The Morgan fingerprint density at radius 3 is 1.54 bits per heavy atom. The second kappa shape index (κ2) is 9.41. The van der Waals surface area contributed by atoms with Crippen molar-refractivity contribution in [2.24, 2.45) is 5.92 Å². The van der Waals surface area contributed by atoms with Crippen molar-refractivity contribution in [3.63, 3.8) is 0 Å². The number of hydrogen-bond donors (Lipinski definition) is 0. The number of allylic oxidation sites excluding steroid dienone is 2. The van der Waals surface area contributed by atoms with Crippen molar-refractivity contribution in [2.75, 3.05) is 13.2 Å². The van der Waals surface area contributed by atoms with Gasteiger partial charge in [0.15, 0.2) is 5.78 Å². The Hall–Kier alpha value is -2.81. The van der Waals surface area contributed by atoms with E-state index in [2.05, 4.69) is 6.92 Å². The standard InChI is InChI=1S/C25H28O3/c1-4-27-23-10-6-19(7-11-23)16-21-14-18(3)15-22(25(21)26)17-20-8-12-24(13-9-20)28-5-2/h6-13,16-18H,4-5,14-15H2,1-3H3/b21-16+,22-17+. The zero-order valence-electron chi connectivity index (χ0n) is 16.9. The summed E-state index contributed by atoms with van der Waals surface area (Å²) >= 11 is 0. The highest BCUT2D eigenvalue weighted by atomic mass is 16.5.